The van der Waals surface area contributed by atoms with Gasteiger partial charge in [-0.25, -0.2) is 8.78 Å². The highest BCUT2D eigenvalue weighted by atomic mass is 32.1. The molecule has 0 bridgehead atoms. The number of halogens is 2. The number of aromatic hydroxyl groups is 1. The first-order valence-electron chi connectivity index (χ1n) is 14.2. The van der Waals surface area contributed by atoms with Crippen molar-refractivity contribution in [1.29, 1.82) is 0 Å². The van der Waals surface area contributed by atoms with Crippen LogP contribution in [0.5, 0.6) is 5.75 Å². The van der Waals surface area contributed by atoms with E-state index in [-0.39, 0.29) is 47.1 Å². The number of benzene rings is 1. The van der Waals surface area contributed by atoms with E-state index in [9.17, 15) is 28.0 Å². The van der Waals surface area contributed by atoms with E-state index >= 15 is 0 Å². The molecule has 0 saturated heterocycles. The molecule has 43 heavy (non-hydrogen) atoms. The smallest absolute Gasteiger partial charge is 0.333 e. The van der Waals surface area contributed by atoms with Crippen molar-refractivity contribution in [2.75, 3.05) is 31.8 Å². The zero-order valence-corrected chi connectivity index (χ0v) is 26.1. The number of carbonyl (C=O) groups is 1. The third kappa shape index (κ3) is 5.39. The highest BCUT2D eigenvalue weighted by molar-refractivity contribution is 7.54. The summed E-state index contributed by atoms with van der Waals surface area (Å²) in [7, 11) is -1.57. The van der Waals surface area contributed by atoms with E-state index in [4.69, 9.17) is 9.05 Å². The van der Waals surface area contributed by atoms with Gasteiger partial charge >= 0.3 is 7.60 Å². The van der Waals surface area contributed by atoms with E-state index in [0.29, 0.717) is 37.2 Å². The number of nitrogens with zero attached hydrogens (tertiary/aromatic N) is 5. The van der Waals surface area contributed by atoms with Crippen LogP contribution in [0.4, 0.5) is 8.78 Å². The minimum Gasteiger partial charge on any atom is -0.502 e. The zero-order chi connectivity index (χ0) is 31.1. The number of rotatable bonds is 9. The first kappa shape index (κ1) is 31.2. The molecule has 2 aromatic heterocycles. The fourth-order valence-electron chi connectivity index (χ4n) is 6.15. The molecule has 1 saturated carbocycles. The number of pyridine rings is 1. The predicted octanol–water partition coefficient (Wildman–Crippen LogP) is 4.89. The van der Waals surface area contributed by atoms with Gasteiger partial charge in [0.15, 0.2) is 16.5 Å². The van der Waals surface area contributed by atoms with Crippen molar-refractivity contribution in [3.63, 3.8) is 0 Å². The number of aromatic nitrogens is 3. The molecule has 232 valence electrons. The van der Waals surface area contributed by atoms with Crippen LogP contribution in [0.2, 0.25) is 0 Å². The Morgan fingerprint density at radius 2 is 1.79 bits per heavy atom. The first-order chi connectivity index (χ1) is 20.5. The van der Waals surface area contributed by atoms with Gasteiger partial charge in [-0.1, -0.05) is 17.4 Å². The van der Waals surface area contributed by atoms with Crippen molar-refractivity contribution < 1.29 is 32.3 Å². The Kier molecular flexibility index (Phi) is 8.77. The second-order valence-corrected chi connectivity index (χ2v) is 13.9. The Balaban J connectivity index is 1.50. The standard InChI is InChI=1S/C28H34F2N5O6PS/c1-5-34-27(38)23-25(37)24(36)20(26-32-31-22(43-26)14-17-8-9-18(29)15-21(17)30)16-35(23)33(4)28(34)12-10-19(11-13-28)42(39,40-6-2)41-7-3/h8-9,15-16,19,37H,5-7,10-14H2,1-4H3. The molecule has 3 heterocycles. The summed E-state index contributed by atoms with van der Waals surface area (Å²) in [4.78, 5) is 28.8. The molecular weight excluding hydrogens is 603 g/mol. The molecule has 1 N–H and O–H groups in total. The van der Waals surface area contributed by atoms with Gasteiger partial charge in [0.05, 0.1) is 24.4 Å². The van der Waals surface area contributed by atoms with Gasteiger partial charge in [-0.15, -0.1) is 10.2 Å². The average Bonchev–Trinajstić information content (AvgIpc) is 3.44. The van der Waals surface area contributed by atoms with Crippen LogP contribution < -0.4 is 10.4 Å². The Labute approximate surface area is 251 Å². The zero-order valence-electron chi connectivity index (χ0n) is 24.4. The molecule has 0 atom stereocenters. The Bertz CT molecular complexity index is 1630. The predicted molar refractivity (Wildman–Crippen MR) is 157 cm³/mol. The molecule has 0 radical (unpaired) electrons. The van der Waals surface area contributed by atoms with Crippen molar-refractivity contribution in [3.8, 4) is 16.3 Å². The van der Waals surface area contributed by atoms with Crippen LogP contribution in [-0.4, -0.2) is 68.9 Å². The molecule has 2 aliphatic rings. The second kappa shape index (κ2) is 12.1. The normalized spacial score (nSPS) is 20.6. The highest BCUT2D eigenvalue weighted by Gasteiger charge is 2.53. The van der Waals surface area contributed by atoms with Crippen molar-refractivity contribution in [2.45, 2.75) is 64.2 Å². The summed E-state index contributed by atoms with van der Waals surface area (Å²) in [6.07, 6.45) is 3.34. The lowest BCUT2D eigenvalue weighted by Crippen LogP contribution is -2.70. The van der Waals surface area contributed by atoms with Crippen LogP contribution in [0.3, 0.4) is 0 Å². The largest absolute Gasteiger partial charge is 0.502 e. The summed E-state index contributed by atoms with van der Waals surface area (Å²) in [5, 5.41) is 21.6. The van der Waals surface area contributed by atoms with Gasteiger partial charge < -0.3 is 19.1 Å². The first-order valence-corrected chi connectivity index (χ1v) is 16.6. The van der Waals surface area contributed by atoms with Gasteiger partial charge in [0.25, 0.3) is 5.91 Å². The van der Waals surface area contributed by atoms with Crippen molar-refractivity contribution in [2.24, 2.45) is 0 Å². The van der Waals surface area contributed by atoms with Crippen LogP contribution >= 0.6 is 18.9 Å². The molecule has 1 aliphatic carbocycles. The lowest BCUT2D eigenvalue weighted by atomic mass is 9.85. The van der Waals surface area contributed by atoms with E-state index in [1.54, 1.807) is 25.8 Å². The summed E-state index contributed by atoms with van der Waals surface area (Å²) >= 11 is 1.03. The molecule has 0 unspecified atom stereocenters. The summed E-state index contributed by atoms with van der Waals surface area (Å²) in [6.45, 7) is 6.20. The maximum absolute atomic E-state index is 14.2. The maximum Gasteiger partial charge on any atom is 0.333 e. The summed E-state index contributed by atoms with van der Waals surface area (Å²) in [5.74, 6) is -2.62. The maximum atomic E-state index is 14.2. The van der Waals surface area contributed by atoms with Crippen LogP contribution in [0.1, 0.15) is 67.5 Å². The third-order valence-corrected chi connectivity index (χ3v) is 11.8. The summed E-state index contributed by atoms with van der Waals surface area (Å²) in [5.41, 5.74) is -1.87. The molecule has 1 aromatic carbocycles. The van der Waals surface area contributed by atoms with Crippen molar-refractivity contribution in [1.82, 2.24) is 19.8 Å². The SMILES string of the molecule is CCOP(=O)(OCC)C1CCC2(CC1)N(CC)C(=O)c1c(O)c(=O)c(-c3nnc(Cc4ccc(F)cc4F)s3)cn1N2C. The molecule has 1 fully saturated rings. The molecule has 1 amide bonds. The van der Waals surface area contributed by atoms with E-state index in [0.717, 1.165) is 23.5 Å². The van der Waals surface area contributed by atoms with Crippen LogP contribution in [0.25, 0.3) is 10.6 Å². The minimum atomic E-state index is -3.35. The highest BCUT2D eigenvalue weighted by Crippen LogP contribution is 2.59. The van der Waals surface area contributed by atoms with Gasteiger partial charge in [-0.2, -0.15) is 0 Å². The van der Waals surface area contributed by atoms with Crippen LogP contribution in [-0.2, 0) is 20.0 Å². The van der Waals surface area contributed by atoms with Gasteiger partial charge in [0.1, 0.15) is 22.3 Å². The molecule has 11 nitrogen and oxygen atoms in total. The van der Waals surface area contributed by atoms with E-state index in [2.05, 4.69) is 10.2 Å². The summed E-state index contributed by atoms with van der Waals surface area (Å²) in [6, 6.07) is 3.26. The van der Waals surface area contributed by atoms with E-state index < -0.39 is 42.0 Å². The van der Waals surface area contributed by atoms with Crippen LogP contribution in [0, 0.1) is 11.6 Å². The second-order valence-electron chi connectivity index (χ2n) is 10.5. The fourth-order valence-corrected chi connectivity index (χ4v) is 9.13. The lowest BCUT2D eigenvalue weighted by Gasteiger charge is -2.56. The molecule has 15 heteroatoms. The molecule has 3 aromatic rings. The third-order valence-electron chi connectivity index (χ3n) is 8.23. The van der Waals surface area contributed by atoms with Gasteiger partial charge in [-0.05, 0) is 58.1 Å². The van der Waals surface area contributed by atoms with Crippen molar-refractivity contribution in [3.05, 3.63) is 62.5 Å². The van der Waals surface area contributed by atoms with Gasteiger partial charge in [-0.3, -0.25) is 23.8 Å². The molecular formula is C28H34F2N5O6PS. The molecule has 5 rings (SSSR count). The minimum absolute atomic E-state index is 0.0233. The monoisotopic (exact) mass is 637 g/mol. The average molecular weight is 638 g/mol. The van der Waals surface area contributed by atoms with Gasteiger partial charge in [0, 0.05) is 32.3 Å². The lowest BCUT2D eigenvalue weighted by molar-refractivity contribution is 0.0138. The van der Waals surface area contributed by atoms with E-state index in [1.165, 1.54) is 16.9 Å². The fraction of sp³-hybridized carbons (Fsp3) is 0.500. The number of amides is 1. The number of fused-ring (bicyclic) bond motifs is 1. The quantitative estimate of drug-likeness (QED) is 0.326. The number of carbonyl (C=O) groups excluding carboxylic acids is 1. The Morgan fingerprint density at radius 3 is 2.40 bits per heavy atom. The van der Waals surface area contributed by atoms with E-state index in [1.807, 2.05) is 11.9 Å². The van der Waals surface area contributed by atoms with Crippen molar-refractivity contribution >= 4 is 24.8 Å². The molecule has 1 aliphatic heterocycles. The molecule has 1 spiro atoms. The Morgan fingerprint density at radius 1 is 1.12 bits per heavy atom. The van der Waals surface area contributed by atoms with Crippen LogP contribution in [0.15, 0.2) is 29.2 Å². The summed E-state index contributed by atoms with van der Waals surface area (Å²) < 4.78 is 53.7. The number of hydrogen-bond acceptors (Lipinski definition) is 10. The Hall–Kier alpha value is -3.19. The topological polar surface area (TPSA) is 127 Å². The van der Waals surface area contributed by atoms with Gasteiger partial charge in [0.2, 0.25) is 5.43 Å². The number of hydrogen-bond donors (Lipinski definition) is 1.